The second-order valence-electron chi connectivity index (χ2n) is 10.1. The lowest BCUT2D eigenvalue weighted by atomic mass is 9.84. The van der Waals surface area contributed by atoms with Crippen molar-refractivity contribution in [2.24, 2.45) is 0 Å². The Bertz CT molecular complexity index is 1440. The summed E-state index contributed by atoms with van der Waals surface area (Å²) in [4.78, 5) is 16.1. The quantitative estimate of drug-likeness (QED) is 0.0929. The van der Waals surface area contributed by atoms with E-state index in [-0.39, 0.29) is 17.3 Å². The Balaban J connectivity index is 1.27. The molecule has 5 rings (SSSR count). The first-order chi connectivity index (χ1) is 20.1. The Labute approximate surface area is 247 Å². The van der Waals surface area contributed by atoms with E-state index >= 15 is 0 Å². The number of rotatable bonds is 12. The number of hydrogen-bond donors (Lipinski definition) is 2. The maximum absolute atomic E-state index is 12.8. The monoisotopic (exact) mass is 560 g/mol. The summed E-state index contributed by atoms with van der Waals surface area (Å²) in [7, 11) is 0. The maximum Gasteiger partial charge on any atom is 0.355 e. The molecule has 4 nitrogen and oxygen atoms in total. The largest absolute Gasteiger partial charge is 0.456 e. The van der Waals surface area contributed by atoms with Crippen LogP contribution in [0.3, 0.4) is 0 Å². The maximum atomic E-state index is 12.8. The van der Waals surface area contributed by atoms with Gasteiger partial charge in [0.2, 0.25) is 0 Å². The summed E-state index contributed by atoms with van der Waals surface area (Å²) in [5.41, 5.74) is 8.33. The van der Waals surface area contributed by atoms with Gasteiger partial charge in [0.25, 0.3) is 0 Å². The van der Waals surface area contributed by atoms with E-state index in [9.17, 15) is 4.79 Å². The highest BCUT2D eigenvalue weighted by Gasteiger charge is 2.36. The number of esters is 1. The fraction of sp³-hybridized carbons (Fsp3) is 0.194. The van der Waals surface area contributed by atoms with E-state index in [1.807, 2.05) is 55.9 Å². The Kier molecular flexibility index (Phi) is 9.40. The first kappa shape index (κ1) is 28.5. The van der Waals surface area contributed by atoms with Crippen LogP contribution < -0.4 is 5.32 Å². The molecule has 0 spiro atoms. The van der Waals surface area contributed by atoms with Crippen molar-refractivity contribution in [2.75, 3.05) is 12.3 Å². The molecule has 0 bridgehead atoms. The number of H-pyrrole nitrogens is 1. The van der Waals surface area contributed by atoms with E-state index in [1.54, 1.807) is 0 Å². The number of carbonyl (C=O) groups excluding carboxylic acids is 1. The zero-order valence-corrected chi connectivity index (χ0v) is 24.4. The normalized spacial score (nSPS) is 11.4. The third-order valence-corrected chi connectivity index (χ3v) is 9.00. The molecule has 0 saturated heterocycles. The molecular weight excluding hydrogens is 524 g/mol. The highest BCUT2D eigenvalue weighted by molar-refractivity contribution is 8.00. The van der Waals surface area contributed by atoms with Gasteiger partial charge in [-0.3, -0.25) is 0 Å². The van der Waals surface area contributed by atoms with Crippen molar-refractivity contribution < 1.29 is 9.53 Å². The van der Waals surface area contributed by atoms with Gasteiger partial charge in [-0.25, -0.2) is 4.79 Å². The lowest BCUT2D eigenvalue weighted by molar-refractivity contribution is 0.0465. The second-order valence-corrected chi connectivity index (χ2v) is 11.4. The summed E-state index contributed by atoms with van der Waals surface area (Å²) in [5, 5.41) is 3.63. The number of thioether (sulfide) groups is 1. The van der Waals surface area contributed by atoms with E-state index < -0.39 is 0 Å². The molecule has 0 fully saturated rings. The summed E-state index contributed by atoms with van der Waals surface area (Å²) in [5.74, 6) is 0.572. The molecule has 0 unspecified atom stereocenters. The fourth-order valence-electron chi connectivity index (χ4n) is 5.31. The van der Waals surface area contributed by atoms with Crippen molar-refractivity contribution in [1.29, 1.82) is 0 Å². The van der Waals surface area contributed by atoms with Crippen LogP contribution in [0.25, 0.3) is 0 Å². The van der Waals surface area contributed by atoms with Gasteiger partial charge in [-0.15, -0.1) is 11.8 Å². The van der Waals surface area contributed by atoms with Crippen molar-refractivity contribution in [3.63, 3.8) is 0 Å². The second kappa shape index (κ2) is 13.5. The van der Waals surface area contributed by atoms with Gasteiger partial charge >= 0.3 is 5.97 Å². The van der Waals surface area contributed by atoms with Crippen LogP contribution in [0.5, 0.6) is 0 Å². The molecule has 5 heteroatoms. The summed E-state index contributed by atoms with van der Waals surface area (Å²) in [6.07, 6.45) is 0. The summed E-state index contributed by atoms with van der Waals surface area (Å²) in [6.45, 7) is 5.75. The number of nitrogens with one attached hydrogen (secondary N) is 2. The Hall–Kier alpha value is -4.06. The molecule has 5 aromatic rings. The van der Waals surface area contributed by atoms with E-state index in [0.29, 0.717) is 12.2 Å². The van der Waals surface area contributed by atoms with Crippen molar-refractivity contribution in [3.8, 4) is 0 Å². The highest BCUT2D eigenvalue weighted by atomic mass is 32.2. The molecule has 0 aliphatic carbocycles. The third-order valence-electron chi connectivity index (χ3n) is 7.45. The van der Waals surface area contributed by atoms with Crippen molar-refractivity contribution in [3.05, 3.63) is 166 Å². The van der Waals surface area contributed by atoms with Crippen LogP contribution in [0.2, 0.25) is 0 Å². The average Bonchev–Trinajstić information content (AvgIpc) is 3.32. The van der Waals surface area contributed by atoms with Gasteiger partial charge in [0.05, 0.1) is 4.75 Å². The van der Waals surface area contributed by atoms with Gasteiger partial charge in [-0.1, -0.05) is 121 Å². The van der Waals surface area contributed by atoms with Gasteiger partial charge in [0.15, 0.2) is 0 Å². The minimum absolute atomic E-state index is 0.258. The molecule has 41 heavy (non-hydrogen) atoms. The molecule has 1 aromatic heterocycles. The highest BCUT2D eigenvalue weighted by Crippen LogP contribution is 2.48. The number of hydrogen-bond acceptors (Lipinski definition) is 4. The van der Waals surface area contributed by atoms with Crippen molar-refractivity contribution in [2.45, 2.75) is 31.7 Å². The number of carbonyl (C=O) groups is 1. The van der Waals surface area contributed by atoms with E-state index in [2.05, 4.69) is 101 Å². The predicted octanol–water partition coefficient (Wildman–Crippen LogP) is 7.80. The fourth-order valence-corrected chi connectivity index (χ4v) is 6.77. The minimum atomic E-state index is -0.332. The van der Waals surface area contributed by atoms with Gasteiger partial charge in [-0.05, 0) is 47.2 Å². The van der Waals surface area contributed by atoms with Gasteiger partial charge in [0, 0.05) is 24.5 Å². The van der Waals surface area contributed by atoms with Gasteiger partial charge in [-0.2, -0.15) is 0 Å². The molecule has 0 radical (unpaired) electrons. The smallest absolute Gasteiger partial charge is 0.355 e. The molecule has 0 amide bonds. The predicted molar refractivity (Wildman–Crippen MR) is 169 cm³/mol. The lowest BCUT2D eigenvalue weighted by Crippen LogP contribution is -2.28. The van der Waals surface area contributed by atoms with E-state index in [4.69, 9.17) is 4.74 Å². The summed E-state index contributed by atoms with van der Waals surface area (Å²) < 4.78 is 5.24. The standard InChI is InChI=1S/C36H36N2O2S/c1-27-33(28(2)38-34(27)35(39)40-26-29-15-7-3-8-16-29)25-37-23-24-41-36(30-17-9-4-10-18-30,31-19-11-5-12-20-31)32-21-13-6-14-22-32/h3-22,37-38H,23-26H2,1-2H3. The minimum Gasteiger partial charge on any atom is -0.456 e. The summed E-state index contributed by atoms with van der Waals surface area (Å²) in [6, 6.07) is 42.0. The number of ether oxygens (including phenoxy) is 1. The van der Waals surface area contributed by atoms with Crippen molar-refractivity contribution in [1.82, 2.24) is 10.3 Å². The molecule has 0 saturated carbocycles. The summed E-state index contributed by atoms with van der Waals surface area (Å²) >= 11 is 1.94. The molecule has 0 aliphatic rings. The van der Waals surface area contributed by atoms with Crippen LogP contribution in [0.4, 0.5) is 0 Å². The third kappa shape index (κ3) is 6.48. The Morgan fingerprint density at radius 1 is 0.756 bits per heavy atom. The Morgan fingerprint density at radius 2 is 1.24 bits per heavy atom. The molecule has 0 aliphatic heterocycles. The van der Waals surface area contributed by atoms with Gasteiger partial charge < -0.3 is 15.0 Å². The van der Waals surface area contributed by atoms with Crippen LogP contribution in [0.1, 0.15) is 49.6 Å². The first-order valence-corrected chi connectivity index (χ1v) is 15.0. The Morgan fingerprint density at radius 3 is 1.76 bits per heavy atom. The first-order valence-electron chi connectivity index (χ1n) is 14.0. The number of aryl methyl sites for hydroxylation is 1. The zero-order chi connectivity index (χ0) is 28.5. The molecule has 2 N–H and O–H groups in total. The molecule has 208 valence electrons. The van der Waals surface area contributed by atoms with Crippen LogP contribution in [-0.2, 0) is 22.6 Å². The average molecular weight is 561 g/mol. The molecule has 0 atom stereocenters. The molecule has 4 aromatic carbocycles. The SMILES string of the molecule is Cc1[nH]c(C(=O)OCc2ccccc2)c(C)c1CNCCSC(c1ccccc1)(c1ccccc1)c1ccccc1. The van der Waals surface area contributed by atoms with Crippen LogP contribution >= 0.6 is 11.8 Å². The number of aromatic amines is 1. The zero-order valence-electron chi connectivity index (χ0n) is 23.6. The molecule has 1 heterocycles. The van der Waals surface area contributed by atoms with Crippen LogP contribution in [-0.4, -0.2) is 23.3 Å². The van der Waals surface area contributed by atoms with Crippen molar-refractivity contribution >= 4 is 17.7 Å². The topological polar surface area (TPSA) is 54.1 Å². The van der Waals surface area contributed by atoms with E-state index in [1.165, 1.54) is 16.7 Å². The molecular formula is C36H36N2O2S. The van der Waals surface area contributed by atoms with E-state index in [0.717, 1.165) is 34.7 Å². The number of aromatic nitrogens is 1. The van der Waals surface area contributed by atoms with Crippen LogP contribution in [0.15, 0.2) is 121 Å². The number of benzene rings is 4. The van der Waals surface area contributed by atoms with Crippen LogP contribution in [0, 0.1) is 13.8 Å². The lowest BCUT2D eigenvalue weighted by Gasteiger charge is -2.35. The van der Waals surface area contributed by atoms with Gasteiger partial charge in [0.1, 0.15) is 12.3 Å².